The lowest BCUT2D eigenvalue weighted by molar-refractivity contribution is -0.125. The van der Waals surface area contributed by atoms with Gasteiger partial charge in [0.05, 0.1) is 5.92 Å². The quantitative estimate of drug-likeness (QED) is 0.819. The van der Waals surface area contributed by atoms with E-state index in [2.05, 4.69) is 15.6 Å². The Morgan fingerprint density at radius 1 is 1.59 bits per heavy atom. The highest BCUT2D eigenvalue weighted by Gasteiger charge is 2.20. The van der Waals surface area contributed by atoms with Crippen molar-refractivity contribution >= 4 is 5.91 Å². The monoisotopic (exact) mass is 233 g/mol. The summed E-state index contributed by atoms with van der Waals surface area (Å²) in [5.41, 5.74) is 2.05. The third-order valence-electron chi connectivity index (χ3n) is 3.11. The van der Waals surface area contributed by atoms with Gasteiger partial charge < -0.3 is 10.6 Å². The van der Waals surface area contributed by atoms with E-state index in [1.165, 1.54) is 0 Å². The number of hydrogen-bond donors (Lipinski definition) is 2. The summed E-state index contributed by atoms with van der Waals surface area (Å²) in [4.78, 5) is 16.1. The van der Waals surface area contributed by atoms with Crippen molar-refractivity contribution in [1.82, 2.24) is 15.6 Å². The van der Waals surface area contributed by atoms with Gasteiger partial charge in [-0.2, -0.15) is 0 Å². The Morgan fingerprint density at radius 2 is 2.47 bits per heavy atom. The van der Waals surface area contributed by atoms with Gasteiger partial charge in [0.15, 0.2) is 0 Å². The highest BCUT2D eigenvalue weighted by Crippen LogP contribution is 2.10. The van der Waals surface area contributed by atoms with Crippen molar-refractivity contribution in [1.29, 1.82) is 0 Å². The summed E-state index contributed by atoms with van der Waals surface area (Å²) in [6.45, 7) is 4.36. The summed E-state index contributed by atoms with van der Waals surface area (Å²) in [5, 5.41) is 6.22. The number of aryl methyl sites for hydroxylation is 1. The van der Waals surface area contributed by atoms with Crippen LogP contribution >= 0.6 is 0 Å². The highest BCUT2D eigenvalue weighted by atomic mass is 16.1. The average molecular weight is 233 g/mol. The molecule has 1 atom stereocenters. The minimum atomic E-state index is 0.127. The van der Waals surface area contributed by atoms with E-state index in [0.29, 0.717) is 6.54 Å². The zero-order valence-corrected chi connectivity index (χ0v) is 10.2. The van der Waals surface area contributed by atoms with E-state index in [4.69, 9.17) is 0 Å². The van der Waals surface area contributed by atoms with Gasteiger partial charge in [-0.25, -0.2) is 0 Å². The van der Waals surface area contributed by atoms with Gasteiger partial charge in [-0.15, -0.1) is 0 Å². The Morgan fingerprint density at radius 3 is 3.12 bits per heavy atom. The van der Waals surface area contributed by atoms with Crippen molar-refractivity contribution in [2.45, 2.75) is 26.3 Å². The van der Waals surface area contributed by atoms with Crippen LogP contribution in [0.1, 0.15) is 24.1 Å². The molecule has 92 valence electrons. The van der Waals surface area contributed by atoms with Crippen LogP contribution in [0.15, 0.2) is 18.3 Å². The van der Waals surface area contributed by atoms with Gasteiger partial charge in [0, 0.05) is 25.0 Å². The zero-order valence-electron chi connectivity index (χ0n) is 10.2. The van der Waals surface area contributed by atoms with Gasteiger partial charge in [-0.1, -0.05) is 6.07 Å². The molecule has 1 aromatic rings. The normalized spacial score (nSPS) is 19.9. The molecular formula is C13H19N3O. The maximum atomic E-state index is 11.9. The summed E-state index contributed by atoms with van der Waals surface area (Å²) < 4.78 is 0. The first kappa shape index (κ1) is 12.0. The molecule has 0 saturated carbocycles. The van der Waals surface area contributed by atoms with Crippen molar-refractivity contribution in [3.63, 3.8) is 0 Å². The first-order valence-corrected chi connectivity index (χ1v) is 6.15. The minimum Gasteiger partial charge on any atom is -0.352 e. The standard InChI is InChI=1S/C13H19N3O/c1-10-4-5-11(7-15-10)8-16-13(17)12-3-2-6-14-9-12/h4-5,7,12,14H,2-3,6,8-9H2,1H3,(H,16,17). The predicted molar refractivity (Wildman–Crippen MR) is 66.4 cm³/mol. The van der Waals surface area contributed by atoms with Crippen LogP contribution in [0.5, 0.6) is 0 Å². The maximum Gasteiger partial charge on any atom is 0.224 e. The van der Waals surface area contributed by atoms with Crippen LogP contribution < -0.4 is 10.6 Å². The molecule has 0 radical (unpaired) electrons. The Balaban J connectivity index is 1.81. The smallest absolute Gasteiger partial charge is 0.224 e. The summed E-state index contributed by atoms with van der Waals surface area (Å²) in [6.07, 6.45) is 3.89. The van der Waals surface area contributed by atoms with Crippen LogP contribution in [-0.4, -0.2) is 24.0 Å². The van der Waals surface area contributed by atoms with Gasteiger partial charge >= 0.3 is 0 Å². The zero-order chi connectivity index (χ0) is 12.1. The van der Waals surface area contributed by atoms with E-state index in [1.54, 1.807) is 0 Å². The molecule has 0 aromatic carbocycles. The number of pyridine rings is 1. The molecule has 1 unspecified atom stereocenters. The molecule has 0 bridgehead atoms. The molecule has 4 heteroatoms. The molecule has 0 aliphatic carbocycles. The number of nitrogens with zero attached hydrogens (tertiary/aromatic N) is 1. The minimum absolute atomic E-state index is 0.127. The number of rotatable bonds is 3. The summed E-state index contributed by atoms with van der Waals surface area (Å²) >= 11 is 0. The lowest BCUT2D eigenvalue weighted by atomic mass is 9.99. The van der Waals surface area contributed by atoms with Crippen molar-refractivity contribution in [2.24, 2.45) is 5.92 Å². The number of piperidine rings is 1. The van der Waals surface area contributed by atoms with Crippen molar-refractivity contribution in [3.8, 4) is 0 Å². The second-order valence-corrected chi connectivity index (χ2v) is 4.57. The first-order chi connectivity index (χ1) is 8.25. The van der Waals surface area contributed by atoms with Crippen LogP contribution in [-0.2, 0) is 11.3 Å². The molecular weight excluding hydrogens is 214 g/mol. The summed E-state index contributed by atoms with van der Waals surface area (Å²) in [7, 11) is 0. The second kappa shape index (κ2) is 5.77. The van der Waals surface area contributed by atoms with Crippen LogP contribution in [0.2, 0.25) is 0 Å². The third kappa shape index (κ3) is 3.53. The molecule has 4 nitrogen and oxygen atoms in total. The van der Waals surface area contributed by atoms with Gasteiger partial charge in [0.1, 0.15) is 0 Å². The molecule has 17 heavy (non-hydrogen) atoms. The molecule has 0 spiro atoms. The number of aromatic nitrogens is 1. The molecule has 1 aliphatic heterocycles. The number of amides is 1. The van der Waals surface area contributed by atoms with E-state index in [1.807, 2.05) is 25.3 Å². The highest BCUT2D eigenvalue weighted by molar-refractivity contribution is 5.78. The second-order valence-electron chi connectivity index (χ2n) is 4.57. The van der Waals surface area contributed by atoms with Gasteiger partial charge in [-0.05, 0) is 37.9 Å². The van der Waals surface area contributed by atoms with E-state index in [9.17, 15) is 4.79 Å². The van der Waals surface area contributed by atoms with Gasteiger partial charge in [0.25, 0.3) is 0 Å². The van der Waals surface area contributed by atoms with Crippen molar-refractivity contribution < 1.29 is 4.79 Å². The SMILES string of the molecule is Cc1ccc(CNC(=O)C2CCCNC2)cn1. The topological polar surface area (TPSA) is 54.0 Å². The number of carbonyl (C=O) groups is 1. The third-order valence-corrected chi connectivity index (χ3v) is 3.11. The van der Waals surface area contributed by atoms with E-state index in [-0.39, 0.29) is 11.8 Å². The lowest BCUT2D eigenvalue weighted by Gasteiger charge is -2.21. The lowest BCUT2D eigenvalue weighted by Crippen LogP contribution is -2.40. The largest absolute Gasteiger partial charge is 0.352 e. The molecule has 1 fully saturated rings. The predicted octanol–water partition coefficient (Wildman–Crippen LogP) is 1.01. The van der Waals surface area contributed by atoms with Crippen LogP contribution in [0.3, 0.4) is 0 Å². The first-order valence-electron chi connectivity index (χ1n) is 6.15. The fourth-order valence-electron chi connectivity index (χ4n) is 2.01. The van der Waals surface area contributed by atoms with E-state index in [0.717, 1.165) is 37.2 Å². The molecule has 2 rings (SSSR count). The molecule has 1 aromatic heterocycles. The van der Waals surface area contributed by atoms with Crippen molar-refractivity contribution in [2.75, 3.05) is 13.1 Å². The van der Waals surface area contributed by atoms with Crippen molar-refractivity contribution in [3.05, 3.63) is 29.6 Å². The van der Waals surface area contributed by atoms with Crippen LogP contribution in [0.4, 0.5) is 0 Å². The fourth-order valence-corrected chi connectivity index (χ4v) is 2.01. The Bertz CT molecular complexity index is 369. The molecule has 1 saturated heterocycles. The molecule has 2 N–H and O–H groups in total. The Kier molecular flexibility index (Phi) is 4.09. The number of nitrogens with one attached hydrogen (secondary N) is 2. The molecule has 2 heterocycles. The van der Waals surface area contributed by atoms with E-state index >= 15 is 0 Å². The summed E-state index contributed by atoms with van der Waals surface area (Å²) in [6, 6.07) is 3.96. The fraction of sp³-hybridized carbons (Fsp3) is 0.538. The molecule has 1 aliphatic rings. The Labute approximate surface area is 102 Å². The van der Waals surface area contributed by atoms with Gasteiger partial charge in [0.2, 0.25) is 5.91 Å². The van der Waals surface area contributed by atoms with E-state index < -0.39 is 0 Å². The molecule has 1 amide bonds. The van der Waals surface area contributed by atoms with Crippen LogP contribution in [0, 0.1) is 12.8 Å². The van der Waals surface area contributed by atoms with Gasteiger partial charge in [-0.3, -0.25) is 9.78 Å². The number of carbonyl (C=O) groups excluding carboxylic acids is 1. The average Bonchev–Trinajstić information content (AvgIpc) is 2.39. The Hall–Kier alpha value is -1.42. The summed E-state index contributed by atoms with van der Waals surface area (Å²) in [5.74, 6) is 0.278. The maximum absolute atomic E-state index is 11.9. The van der Waals surface area contributed by atoms with Crippen LogP contribution in [0.25, 0.3) is 0 Å². The number of hydrogen-bond acceptors (Lipinski definition) is 3.